The first-order valence-corrected chi connectivity index (χ1v) is 8.98. The largest absolute Gasteiger partial charge is 0.452 e. The molecule has 7 nitrogen and oxygen atoms in total. The van der Waals surface area contributed by atoms with Gasteiger partial charge >= 0.3 is 5.97 Å². The number of benzene rings is 1. The van der Waals surface area contributed by atoms with Crippen molar-refractivity contribution in [1.82, 2.24) is 9.62 Å². The Labute approximate surface area is 143 Å². The first-order chi connectivity index (χ1) is 11.1. The van der Waals surface area contributed by atoms with Gasteiger partial charge in [0.25, 0.3) is 5.91 Å². The lowest BCUT2D eigenvalue weighted by Crippen LogP contribution is -2.38. The van der Waals surface area contributed by atoms with Crippen molar-refractivity contribution in [3.63, 3.8) is 0 Å². The minimum atomic E-state index is -3.55. The highest BCUT2D eigenvalue weighted by molar-refractivity contribution is 7.89. The zero-order valence-corrected chi connectivity index (χ0v) is 15.4. The van der Waals surface area contributed by atoms with Gasteiger partial charge in [0.1, 0.15) is 0 Å². The van der Waals surface area contributed by atoms with E-state index in [9.17, 15) is 18.0 Å². The Kier molecular flexibility index (Phi) is 6.92. The second-order valence-corrected chi connectivity index (χ2v) is 8.14. The highest BCUT2D eigenvalue weighted by atomic mass is 32.2. The van der Waals surface area contributed by atoms with Gasteiger partial charge in [0.15, 0.2) is 6.61 Å². The van der Waals surface area contributed by atoms with E-state index >= 15 is 0 Å². The predicted molar refractivity (Wildman–Crippen MR) is 90.0 cm³/mol. The number of nitrogens with one attached hydrogen (secondary N) is 1. The van der Waals surface area contributed by atoms with E-state index in [-0.39, 0.29) is 34.9 Å². The highest BCUT2D eigenvalue weighted by Crippen LogP contribution is 2.14. The van der Waals surface area contributed by atoms with Crippen LogP contribution < -0.4 is 5.32 Å². The molecule has 0 aromatic heterocycles. The van der Waals surface area contributed by atoms with Gasteiger partial charge in [-0.3, -0.25) is 4.79 Å². The van der Waals surface area contributed by atoms with Gasteiger partial charge in [-0.15, -0.1) is 0 Å². The van der Waals surface area contributed by atoms with Crippen LogP contribution in [0.5, 0.6) is 0 Å². The third-order valence-electron chi connectivity index (χ3n) is 3.59. The Morgan fingerprint density at radius 1 is 1.12 bits per heavy atom. The number of hydrogen-bond donors (Lipinski definition) is 1. The summed E-state index contributed by atoms with van der Waals surface area (Å²) in [6, 6.07) is 5.34. The van der Waals surface area contributed by atoms with Crippen LogP contribution in [0.15, 0.2) is 29.2 Å². The number of carbonyl (C=O) groups is 2. The van der Waals surface area contributed by atoms with E-state index in [0.717, 1.165) is 4.31 Å². The lowest BCUT2D eigenvalue weighted by atomic mass is 10.1. The van der Waals surface area contributed by atoms with Crippen molar-refractivity contribution in [1.29, 1.82) is 0 Å². The van der Waals surface area contributed by atoms with E-state index in [2.05, 4.69) is 5.32 Å². The van der Waals surface area contributed by atoms with Gasteiger partial charge in [0.05, 0.1) is 10.5 Å². The Morgan fingerprint density at radius 3 is 2.12 bits per heavy atom. The molecule has 0 spiro atoms. The molecule has 1 aromatic rings. The van der Waals surface area contributed by atoms with Crippen LogP contribution in [0.4, 0.5) is 0 Å². The fourth-order valence-corrected chi connectivity index (χ4v) is 2.55. The van der Waals surface area contributed by atoms with E-state index in [1.807, 2.05) is 20.8 Å². The van der Waals surface area contributed by atoms with Gasteiger partial charge in [0.2, 0.25) is 10.0 Å². The van der Waals surface area contributed by atoms with Crippen molar-refractivity contribution in [3.8, 4) is 0 Å². The molecule has 0 bridgehead atoms. The minimum absolute atomic E-state index is 0.0216. The number of ether oxygens (including phenoxy) is 1. The van der Waals surface area contributed by atoms with Crippen molar-refractivity contribution in [2.24, 2.45) is 5.92 Å². The first kappa shape index (κ1) is 20.1. The maximum atomic E-state index is 11.9. The lowest BCUT2D eigenvalue weighted by molar-refractivity contribution is -0.125. The summed E-state index contributed by atoms with van der Waals surface area (Å²) in [7, 11) is -0.700. The van der Waals surface area contributed by atoms with E-state index < -0.39 is 16.0 Å². The zero-order valence-electron chi connectivity index (χ0n) is 14.6. The van der Waals surface area contributed by atoms with Crippen LogP contribution in [0, 0.1) is 5.92 Å². The topological polar surface area (TPSA) is 92.8 Å². The molecule has 0 unspecified atom stereocenters. The molecule has 1 N–H and O–H groups in total. The number of hydrogen-bond acceptors (Lipinski definition) is 5. The Morgan fingerprint density at radius 2 is 1.67 bits per heavy atom. The van der Waals surface area contributed by atoms with E-state index in [4.69, 9.17) is 4.74 Å². The number of carbonyl (C=O) groups excluding carboxylic acids is 2. The number of amides is 1. The molecule has 1 aromatic carbocycles. The molecule has 1 rings (SSSR count). The fourth-order valence-electron chi connectivity index (χ4n) is 1.65. The van der Waals surface area contributed by atoms with Crippen LogP contribution in [0.25, 0.3) is 0 Å². The monoisotopic (exact) mass is 356 g/mol. The van der Waals surface area contributed by atoms with Crippen molar-refractivity contribution >= 4 is 21.9 Å². The molecule has 24 heavy (non-hydrogen) atoms. The average molecular weight is 356 g/mol. The predicted octanol–water partition coefficient (Wildman–Crippen LogP) is 1.25. The molecule has 0 fully saturated rings. The smallest absolute Gasteiger partial charge is 0.338 e. The standard InChI is InChI=1S/C16H24N2O5S/c1-11(2)12(3)17-15(19)10-23-16(20)13-6-8-14(9-7-13)24(21,22)18(4)5/h6-9,11-12H,10H2,1-5H3,(H,17,19)/t12-/m1/s1. The summed E-state index contributed by atoms with van der Waals surface area (Å²) in [4.78, 5) is 23.7. The molecule has 1 amide bonds. The first-order valence-electron chi connectivity index (χ1n) is 7.54. The molecule has 0 aliphatic rings. The molecule has 0 saturated carbocycles. The van der Waals surface area contributed by atoms with Crippen LogP contribution in [-0.2, 0) is 19.6 Å². The third kappa shape index (κ3) is 5.31. The van der Waals surface area contributed by atoms with Crippen molar-refractivity contribution in [2.45, 2.75) is 31.7 Å². The molecule has 0 aliphatic heterocycles. The van der Waals surface area contributed by atoms with E-state index in [1.54, 1.807) is 0 Å². The van der Waals surface area contributed by atoms with Crippen LogP contribution >= 0.6 is 0 Å². The third-order valence-corrected chi connectivity index (χ3v) is 5.42. The molecule has 0 saturated heterocycles. The van der Waals surface area contributed by atoms with Gasteiger partial charge in [-0.05, 0) is 37.1 Å². The second kappa shape index (κ2) is 8.25. The fraction of sp³-hybridized carbons (Fsp3) is 0.500. The maximum absolute atomic E-state index is 11.9. The number of nitrogens with zero attached hydrogens (tertiary/aromatic N) is 1. The van der Waals surface area contributed by atoms with Crippen molar-refractivity contribution in [3.05, 3.63) is 29.8 Å². The van der Waals surface area contributed by atoms with Crippen LogP contribution in [0.1, 0.15) is 31.1 Å². The van der Waals surface area contributed by atoms with Crippen LogP contribution in [-0.4, -0.2) is 51.3 Å². The van der Waals surface area contributed by atoms with Gasteiger partial charge in [-0.1, -0.05) is 13.8 Å². The van der Waals surface area contributed by atoms with Crippen LogP contribution in [0.2, 0.25) is 0 Å². The molecular formula is C16H24N2O5S. The molecule has 0 heterocycles. The molecule has 134 valence electrons. The number of rotatable bonds is 7. The summed E-state index contributed by atoms with van der Waals surface area (Å²) in [5.41, 5.74) is 0.178. The Hall–Kier alpha value is -1.93. The molecule has 0 aliphatic carbocycles. The van der Waals surface area contributed by atoms with Crippen molar-refractivity contribution < 1.29 is 22.7 Å². The quantitative estimate of drug-likeness (QED) is 0.742. The van der Waals surface area contributed by atoms with Gasteiger partial charge in [0, 0.05) is 20.1 Å². The summed E-state index contributed by atoms with van der Waals surface area (Å²) < 4.78 is 29.9. The van der Waals surface area contributed by atoms with E-state index in [1.165, 1.54) is 38.4 Å². The molecule has 8 heteroatoms. The summed E-state index contributed by atoms with van der Waals surface area (Å²) in [5, 5.41) is 2.73. The second-order valence-electron chi connectivity index (χ2n) is 5.99. The summed E-state index contributed by atoms with van der Waals surface area (Å²) in [6.07, 6.45) is 0. The summed E-state index contributed by atoms with van der Waals surface area (Å²) >= 11 is 0. The normalized spacial score (nSPS) is 13.0. The molecule has 0 radical (unpaired) electrons. The Balaban J connectivity index is 2.65. The number of esters is 1. The van der Waals surface area contributed by atoms with Crippen LogP contribution in [0.3, 0.4) is 0 Å². The summed E-state index contributed by atoms with van der Waals surface area (Å²) in [5.74, 6) is -0.789. The maximum Gasteiger partial charge on any atom is 0.338 e. The van der Waals surface area contributed by atoms with Gasteiger partial charge < -0.3 is 10.1 Å². The average Bonchev–Trinajstić information content (AvgIpc) is 2.52. The minimum Gasteiger partial charge on any atom is -0.452 e. The lowest BCUT2D eigenvalue weighted by Gasteiger charge is -2.17. The van der Waals surface area contributed by atoms with E-state index in [0.29, 0.717) is 0 Å². The molecule has 1 atom stereocenters. The SMILES string of the molecule is CC(C)[C@@H](C)NC(=O)COC(=O)c1ccc(S(=O)(=O)N(C)C)cc1. The zero-order chi connectivity index (χ0) is 18.5. The number of sulfonamides is 1. The van der Waals surface area contributed by atoms with Gasteiger partial charge in [-0.25, -0.2) is 17.5 Å². The highest BCUT2D eigenvalue weighted by Gasteiger charge is 2.18. The Bertz CT molecular complexity index is 681. The molecular weight excluding hydrogens is 332 g/mol. The summed E-state index contributed by atoms with van der Waals surface area (Å²) in [6.45, 7) is 5.43. The van der Waals surface area contributed by atoms with Gasteiger partial charge in [-0.2, -0.15) is 0 Å². The van der Waals surface area contributed by atoms with Crippen molar-refractivity contribution in [2.75, 3.05) is 20.7 Å².